The fourth-order valence-corrected chi connectivity index (χ4v) is 5.84. The number of likely N-dealkylation sites (N-methyl/N-ethyl adjacent to an activating group) is 1. The van der Waals surface area contributed by atoms with Gasteiger partial charge in [-0.2, -0.15) is 0 Å². The van der Waals surface area contributed by atoms with E-state index in [1.54, 1.807) is 21.6 Å². The van der Waals surface area contributed by atoms with Gasteiger partial charge in [-0.05, 0) is 31.7 Å². The van der Waals surface area contributed by atoms with E-state index in [4.69, 9.17) is 16.3 Å². The number of phenolic OH excluding ortho intramolecular Hbond substituents is 1. The van der Waals surface area contributed by atoms with Gasteiger partial charge in [0.15, 0.2) is 5.75 Å². The first-order valence-corrected chi connectivity index (χ1v) is 13.2. The first kappa shape index (κ1) is 27.2. The second-order valence-corrected chi connectivity index (χ2v) is 10.5. The van der Waals surface area contributed by atoms with Gasteiger partial charge in [0.25, 0.3) is 5.91 Å². The number of fused-ring (bicyclic) bond motifs is 2. The number of β-amino-alcohol motifs (C(OH)–C–C–N with tert-alkyl or cyclic N) is 1. The number of aliphatic hydroxyl groups is 1. The highest BCUT2D eigenvalue weighted by Crippen LogP contribution is 2.47. The zero-order chi connectivity index (χ0) is 28.1. The molecule has 10 nitrogen and oxygen atoms in total. The molecule has 2 aromatic rings. The lowest BCUT2D eigenvalue weighted by atomic mass is 10.0. The Balaban J connectivity index is 1.68. The second kappa shape index (κ2) is 10.3. The summed E-state index contributed by atoms with van der Waals surface area (Å²) in [5.74, 6) is -1.72. The highest BCUT2D eigenvalue weighted by Gasteiger charge is 2.44. The molecule has 3 aliphatic heterocycles. The van der Waals surface area contributed by atoms with Crippen LogP contribution in [0.1, 0.15) is 24.2 Å². The summed E-state index contributed by atoms with van der Waals surface area (Å²) in [4.78, 5) is 37.9. The molecule has 39 heavy (non-hydrogen) atoms. The monoisotopic (exact) mass is 559 g/mol. The number of hydrogen-bond acceptors (Lipinski definition) is 8. The van der Waals surface area contributed by atoms with Crippen LogP contribution in [0.3, 0.4) is 0 Å². The average Bonchev–Trinajstić information content (AvgIpc) is 3.05. The molecule has 0 spiro atoms. The molecule has 2 N–H and O–H groups in total. The molecule has 0 radical (unpaired) electrons. The number of benzene rings is 1. The molecule has 1 aromatic heterocycles. The first-order chi connectivity index (χ1) is 18.6. The van der Waals surface area contributed by atoms with Gasteiger partial charge in [-0.25, -0.2) is 9.37 Å². The van der Waals surface area contributed by atoms with Crippen LogP contribution in [-0.2, 0) is 4.79 Å². The van der Waals surface area contributed by atoms with E-state index in [9.17, 15) is 19.8 Å². The quantitative estimate of drug-likeness (QED) is 0.549. The van der Waals surface area contributed by atoms with Gasteiger partial charge in [0.2, 0.25) is 5.91 Å². The molecule has 5 rings (SSSR count). The molecule has 2 fully saturated rings. The van der Waals surface area contributed by atoms with E-state index in [2.05, 4.69) is 16.5 Å². The van der Waals surface area contributed by atoms with Crippen molar-refractivity contribution in [3.8, 4) is 22.8 Å². The van der Waals surface area contributed by atoms with Crippen LogP contribution < -0.4 is 9.64 Å². The zero-order valence-corrected chi connectivity index (χ0v) is 22.6. The molecule has 0 bridgehead atoms. The minimum atomic E-state index is -1.43. The SMILES string of the molecule is C=CC(=O)N1CCN2C(=O)c3c(N4CCN(CC)CC4(C)O)nc(-c4c(O)cccc4F)c(Cl)c3OC[C@H]2C1. The lowest BCUT2D eigenvalue weighted by molar-refractivity contribution is -0.128. The summed E-state index contributed by atoms with van der Waals surface area (Å²) in [6, 6.07) is 3.37. The van der Waals surface area contributed by atoms with Crippen molar-refractivity contribution in [1.82, 2.24) is 19.7 Å². The van der Waals surface area contributed by atoms with Crippen molar-refractivity contribution >= 4 is 29.2 Å². The molecule has 1 aromatic carbocycles. The van der Waals surface area contributed by atoms with Crippen LogP contribution in [0.5, 0.6) is 11.5 Å². The zero-order valence-electron chi connectivity index (χ0n) is 21.9. The summed E-state index contributed by atoms with van der Waals surface area (Å²) in [6.45, 7) is 9.90. The van der Waals surface area contributed by atoms with Crippen LogP contribution in [0.15, 0.2) is 30.9 Å². The second-order valence-electron chi connectivity index (χ2n) is 10.1. The van der Waals surface area contributed by atoms with Gasteiger partial charge in [-0.1, -0.05) is 31.2 Å². The van der Waals surface area contributed by atoms with Crippen LogP contribution >= 0.6 is 11.6 Å². The van der Waals surface area contributed by atoms with E-state index in [0.29, 0.717) is 19.6 Å². The largest absolute Gasteiger partial charge is 0.507 e. The Bertz CT molecular complexity index is 1320. The molecule has 0 aliphatic carbocycles. The number of aromatic hydroxyl groups is 1. The average molecular weight is 560 g/mol. The van der Waals surface area contributed by atoms with Crippen LogP contribution in [-0.4, -0.2) is 106 Å². The maximum Gasteiger partial charge on any atom is 0.261 e. The van der Waals surface area contributed by atoms with E-state index >= 15 is 4.39 Å². The van der Waals surface area contributed by atoms with E-state index in [0.717, 1.165) is 6.54 Å². The number of rotatable bonds is 4. The number of pyridine rings is 1. The first-order valence-electron chi connectivity index (χ1n) is 12.9. The number of amides is 2. The molecule has 4 heterocycles. The van der Waals surface area contributed by atoms with Gasteiger partial charge in [0.1, 0.15) is 46.0 Å². The smallest absolute Gasteiger partial charge is 0.261 e. The Hall–Kier alpha value is -3.41. The number of piperazine rings is 2. The van der Waals surface area contributed by atoms with Crippen molar-refractivity contribution in [3.05, 3.63) is 47.3 Å². The number of aromatic nitrogens is 1. The van der Waals surface area contributed by atoms with Gasteiger partial charge in [-0.15, -0.1) is 0 Å². The number of nitrogens with zero attached hydrogens (tertiary/aromatic N) is 5. The standard InChI is InChI=1S/C27H31ClFN5O5/c1-4-19(36)32-10-11-33-16(13-32)14-39-24-21(26(33)37)25(34-12-9-31(5-2)15-27(34,3)38)30-23(22(24)28)20-17(29)7-6-8-18(20)35/h4,6-8,16,35,38H,1,5,9-15H2,2-3H3/t16-,27?/m1/s1. The normalized spacial score (nSPS) is 23.6. The molecule has 2 atom stereocenters. The summed E-state index contributed by atoms with van der Waals surface area (Å²) in [7, 11) is 0. The maximum atomic E-state index is 15.0. The van der Waals surface area contributed by atoms with Gasteiger partial charge < -0.3 is 29.6 Å². The third-order valence-electron chi connectivity index (χ3n) is 7.62. The maximum absolute atomic E-state index is 15.0. The fraction of sp³-hybridized carbons (Fsp3) is 0.444. The Labute approximate surface area is 230 Å². The lowest BCUT2D eigenvalue weighted by Crippen LogP contribution is -2.62. The van der Waals surface area contributed by atoms with Gasteiger partial charge in [-0.3, -0.25) is 14.5 Å². The van der Waals surface area contributed by atoms with Crippen molar-refractivity contribution in [3.63, 3.8) is 0 Å². The molecular formula is C27H31ClFN5O5. The molecule has 1 unspecified atom stereocenters. The third kappa shape index (κ3) is 4.68. The third-order valence-corrected chi connectivity index (χ3v) is 7.97. The molecule has 2 saturated heterocycles. The lowest BCUT2D eigenvalue weighted by Gasteiger charge is -2.46. The molecular weight excluding hydrogens is 529 g/mol. The number of anilines is 1. The molecule has 2 amide bonds. The van der Waals surface area contributed by atoms with Crippen molar-refractivity contribution < 1.29 is 28.9 Å². The summed E-state index contributed by atoms with van der Waals surface area (Å²) >= 11 is 6.77. The number of carbonyl (C=O) groups is 2. The van der Waals surface area contributed by atoms with Crippen molar-refractivity contribution in [1.29, 1.82) is 0 Å². The fourth-order valence-electron chi connectivity index (χ4n) is 5.56. The minimum absolute atomic E-state index is 0.00552. The Morgan fingerprint density at radius 3 is 2.74 bits per heavy atom. The van der Waals surface area contributed by atoms with Crippen LogP contribution in [0, 0.1) is 5.82 Å². The number of hydrogen-bond donors (Lipinski definition) is 2. The van der Waals surface area contributed by atoms with Gasteiger partial charge in [0, 0.05) is 39.3 Å². The molecule has 3 aliphatic rings. The van der Waals surface area contributed by atoms with Crippen LogP contribution in [0.2, 0.25) is 5.02 Å². The Morgan fingerprint density at radius 1 is 1.31 bits per heavy atom. The molecule has 208 valence electrons. The highest BCUT2D eigenvalue weighted by atomic mass is 35.5. The minimum Gasteiger partial charge on any atom is -0.507 e. The van der Waals surface area contributed by atoms with Crippen molar-refractivity contribution in [2.75, 3.05) is 57.3 Å². The summed E-state index contributed by atoms with van der Waals surface area (Å²) in [5.41, 5.74) is -1.72. The highest BCUT2D eigenvalue weighted by molar-refractivity contribution is 6.35. The number of ether oxygens (including phenoxy) is 1. The van der Waals surface area contributed by atoms with Gasteiger partial charge >= 0.3 is 0 Å². The number of halogens is 2. The van der Waals surface area contributed by atoms with Crippen LogP contribution in [0.25, 0.3) is 11.3 Å². The number of phenols is 1. The van der Waals surface area contributed by atoms with Gasteiger partial charge in [0.05, 0.1) is 11.6 Å². The van der Waals surface area contributed by atoms with E-state index in [-0.39, 0.29) is 71.3 Å². The van der Waals surface area contributed by atoms with Crippen molar-refractivity contribution in [2.24, 2.45) is 0 Å². The summed E-state index contributed by atoms with van der Waals surface area (Å²) < 4.78 is 21.2. The Morgan fingerprint density at radius 2 is 2.08 bits per heavy atom. The predicted octanol–water partition coefficient (Wildman–Crippen LogP) is 2.33. The van der Waals surface area contributed by atoms with Crippen molar-refractivity contribution in [2.45, 2.75) is 25.6 Å². The topological polar surface area (TPSA) is 110 Å². The summed E-state index contributed by atoms with van der Waals surface area (Å²) in [5, 5.41) is 21.9. The summed E-state index contributed by atoms with van der Waals surface area (Å²) in [6.07, 6.45) is 1.23. The molecule has 12 heteroatoms. The van der Waals surface area contributed by atoms with Crippen LogP contribution in [0.4, 0.5) is 10.2 Å². The predicted molar refractivity (Wildman–Crippen MR) is 143 cm³/mol. The Kier molecular flexibility index (Phi) is 7.17. The van der Waals surface area contributed by atoms with E-state index < -0.39 is 23.5 Å². The van der Waals surface area contributed by atoms with E-state index in [1.807, 2.05) is 6.92 Å². The molecule has 0 saturated carbocycles. The van der Waals surface area contributed by atoms with E-state index in [1.165, 1.54) is 24.3 Å². The number of carbonyl (C=O) groups excluding carboxylic acids is 2.